The Bertz CT molecular complexity index is 293. The summed E-state index contributed by atoms with van der Waals surface area (Å²) in [7, 11) is 2.00. The molecular formula is C11H20N2O2S. The number of ether oxygens (including phenoxy) is 1. The first-order valence-electron chi connectivity index (χ1n) is 5.61. The molecule has 1 heterocycles. The van der Waals surface area contributed by atoms with Crippen LogP contribution in [0.4, 0.5) is 5.13 Å². The zero-order chi connectivity index (χ0) is 12.0. The Hall–Kier alpha value is -0.650. The molecule has 4 nitrogen and oxygen atoms in total. The molecule has 0 radical (unpaired) electrons. The fourth-order valence-electron chi connectivity index (χ4n) is 1.37. The molecule has 0 unspecified atom stereocenters. The maximum atomic E-state index is 9.19. The zero-order valence-corrected chi connectivity index (χ0v) is 11.0. The van der Waals surface area contributed by atoms with Crippen molar-refractivity contribution in [2.24, 2.45) is 0 Å². The molecule has 0 saturated carbocycles. The SMILES string of the molecule is CCOCCN(C)c1nc(CC)c(CO)s1. The first-order chi connectivity index (χ1) is 7.72. The van der Waals surface area contributed by atoms with Crippen LogP contribution in [-0.2, 0) is 17.8 Å². The van der Waals surface area contributed by atoms with Crippen molar-refractivity contribution in [3.05, 3.63) is 10.6 Å². The van der Waals surface area contributed by atoms with Crippen LogP contribution in [0, 0.1) is 0 Å². The lowest BCUT2D eigenvalue weighted by Crippen LogP contribution is -2.22. The van der Waals surface area contributed by atoms with Gasteiger partial charge in [-0.1, -0.05) is 18.3 Å². The fourth-order valence-corrected chi connectivity index (χ4v) is 2.37. The van der Waals surface area contributed by atoms with Gasteiger partial charge in [-0.3, -0.25) is 0 Å². The number of nitrogens with zero attached hydrogens (tertiary/aromatic N) is 2. The summed E-state index contributed by atoms with van der Waals surface area (Å²) in [6, 6.07) is 0. The van der Waals surface area contributed by atoms with Crippen LogP contribution in [-0.4, -0.2) is 36.9 Å². The molecule has 92 valence electrons. The van der Waals surface area contributed by atoms with E-state index in [4.69, 9.17) is 4.74 Å². The van der Waals surface area contributed by atoms with Crippen LogP contribution in [0.1, 0.15) is 24.4 Å². The molecule has 0 fully saturated rings. The number of anilines is 1. The lowest BCUT2D eigenvalue weighted by atomic mass is 10.3. The van der Waals surface area contributed by atoms with Gasteiger partial charge in [-0.2, -0.15) is 0 Å². The second kappa shape index (κ2) is 6.83. The van der Waals surface area contributed by atoms with Gasteiger partial charge in [0.05, 0.1) is 23.8 Å². The van der Waals surface area contributed by atoms with Crippen LogP contribution >= 0.6 is 11.3 Å². The Labute approximate surface area is 101 Å². The molecule has 0 atom stereocenters. The van der Waals surface area contributed by atoms with E-state index in [1.807, 2.05) is 14.0 Å². The number of rotatable bonds is 7. The normalized spacial score (nSPS) is 10.8. The molecule has 5 heteroatoms. The number of thiazole rings is 1. The lowest BCUT2D eigenvalue weighted by molar-refractivity contribution is 0.154. The highest BCUT2D eigenvalue weighted by Crippen LogP contribution is 2.25. The van der Waals surface area contributed by atoms with Crippen LogP contribution in [0.5, 0.6) is 0 Å². The summed E-state index contributed by atoms with van der Waals surface area (Å²) in [6.07, 6.45) is 0.867. The summed E-state index contributed by atoms with van der Waals surface area (Å²) < 4.78 is 5.30. The van der Waals surface area contributed by atoms with Crippen molar-refractivity contribution in [3.8, 4) is 0 Å². The van der Waals surface area contributed by atoms with Crippen LogP contribution in [0.3, 0.4) is 0 Å². The molecule has 0 amide bonds. The highest BCUT2D eigenvalue weighted by molar-refractivity contribution is 7.15. The number of hydrogen-bond acceptors (Lipinski definition) is 5. The van der Waals surface area contributed by atoms with Gasteiger partial charge < -0.3 is 14.7 Å². The van der Waals surface area contributed by atoms with Gasteiger partial charge in [0.1, 0.15) is 0 Å². The van der Waals surface area contributed by atoms with Crippen molar-refractivity contribution in [2.45, 2.75) is 26.9 Å². The maximum absolute atomic E-state index is 9.19. The molecule has 0 aliphatic carbocycles. The number of aliphatic hydroxyl groups excluding tert-OH is 1. The minimum absolute atomic E-state index is 0.0835. The van der Waals surface area contributed by atoms with Crippen molar-refractivity contribution in [2.75, 3.05) is 31.7 Å². The van der Waals surface area contributed by atoms with Gasteiger partial charge in [-0.15, -0.1) is 0 Å². The number of aryl methyl sites for hydroxylation is 1. The van der Waals surface area contributed by atoms with E-state index in [2.05, 4.69) is 16.8 Å². The standard InChI is InChI=1S/C11H20N2O2S/c1-4-9-10(8-14)16-11(12-9)13(3)6-7-15-5-2/h14H,4-8H2,1-3H3. The molecule has 0 bridgehead atoms. The Morgan fingerprint density at radius 1 is 1.44 bits per heavy atom. The third-order valence-electron chi connectivity index (χ3n) is 2.35. The highest BCUT2D eigenvalue weighted by atomic mass is 32.1. The second-order valence-corrected chi connectivity index (χ2v) is 4.56. The van der Waals surface area contributed by atoms with Crippen molar-refractivity contribution >= 4 is 16.5 Å². The van der Waals surface area contributed by atoms with E-state index in [9.17, 15) is 5.11 Å². The third-order valence-corrected chi connectivity index (χ3v) is 3.54. The van der Waals surface area contributed by atoms with Gasteiger partial charge in [0.25, 0.3) is 0 Å². The summed E-state index contributed by atoms with van der Waals surface area (Å²) >= 11 is 1.56. The van der Waals surface area contributed by atoms with E-state index in [0.29, 0.717) is 6.61 Å². The molecule has 16 heavy (non-hydrogen) atoms. The molecule has 0 aliphatic heterocycles. The second-order valence-electron chi connectivity index (χ2n) is 3.50. The van der Waals surface area contributed by atoms with E-state index in [1.165, 1.54) is 0 Å². The van der Waals surface area contributed by atoms with E-state index in [0.717, 1.165) is 35.3 Å². The monoisotopic (exact) mass is 244 g/mol. The molecule has 1 rings (SSSR count). The predicted molar refractivity (Wildman–Crippen MR) is 67.2 cm³/mol. The number of likely N-dealkylation sites (N-methyl/N-ethyl adjacent to an activating group) is 1. The molecule has 0 aliphatic rings. The Kier molecular flexibility index (Phi) is 5.73. The highest BCUT2D eigenvalue weighted by Gasteiger charge is 2.11. The first kappa shape index (κ1) is 13.4. The molecule has 0 spiro atoms. The topological polar surface area (TPSA) is 45.6 Å². The number of hydrogen-bond donors (Lipinski definition) is 1. The van der Waals surface area contributed by atoms with E-state index >= 15 is 0 Å². The quantitative estimate of drug-likeness (QED) is 0.741. The molecule has 1 aromatic rings. The van der Waals surface area contributed by atoms with Crippen molar-refractivity contribution in [3.63, 3.8) is 0 Å². The number of aliphatic hydroxyl groups is 1. The molecular weight excluding hydrogens is 224 g/mol. The summed E-state index contributed by atoms with van der Waals surface area (Å²) in [5, 5.41) is 10.1. The Balaban J connectivity index is 2.60. The smallest absolute Gasteiger partial charge is 0.185 e. The van der Waals surface area contributed by atoms with Crippen LogP contribution in [0.25, 0.3) is 0 Å². The zero-order valence-electron chi connectivity index (χ0n) is 10.2. The summed E-state index contributed by atoms with van der Waals surface area (Å²) in [5.74, 6) is 0. The summed E-state index contributed by atoms with van der Waals surface area (Å²) in [5.41, 5.74) is 1.01. The van der Waals surface area contributed by atoms with E-state index in [-0.39, 0.29) is 6.61 Å². The van der Waals surface area contributed by atoms with Gasteiger partial charge in [-0.05, 0) is 13.3 Å². The minimum atomic E-state index is 0.0835. The molecule has 0 aromatic carbocycles. The molecule has 0 saturated heterocycles. The number of aromatic nitrogens is 1. The predicted octanol–water partition coefficient (Wildman–Crippen LogP) is 1.67. The fraction of sp³-hybridized carbons (Fsp3) is 0.727. The van der Waals surface area contributed by atoms with Crippen molar-refractivity contribution in [1.82, 2.24) is 4.98 Å². The van der Waals surface area contributed by atoms with E-state index < -0.39 is 0 Å². The van der Waals surface area contributed by atoms with Gasteiger partial charge in [0.15, 0.2) is 5.13 Å². The lowest BCUT2D eigenvalue weighted by Gasteiger charge is -2.14. The Morgan fingerprint density at radius 2 is 2.19 bits per heavy atom. The van der Waals surface area contributed by atoms with Crippen molar-refractivity contribution in [1.29, 1.82) is 0 Å². The van der Waals surface area contributed by atoms with Crippen molar-refractivity contribution < 1.29 is 9.84 Å². The average molecular weight is 244 g/mol. The Morgan fingerprint density at radius 3 is 2.69 bits per heavy atom. The van der Waals surface area contributed by atoms with Gasteiger partial charge >= 0.3 is 0 Å². The van der Waals surface area contributed by atoms with Crippen LogP contribution < -0.4 is 4.90 Å². The third kappa shape index (κ3) is 3.43. The van der Waals surface area contributed by atoms with Gasteiger partial charge in [0, 0.05) is 20.2 Å². The maximum Gasteiger partial charge on any atom is 0.185 e. The first-order valence-corrected chi connectivity index (χ1v) is 6.42. The van der Waals surface area contributed by atoms with Crippen LogP contribution in [0.15, 0.2) is 0 Å². The van der Waals surface area contributed by atoms with Gasteiger partial charge in [0.2, 0.25) is 0 Å². The summed E-state index contributed by atoms with van der Waals surface area (Å²) in [6.45, 7) is 6.41. The van der Waals surface area contributed by atoms with Gasteiger partial charge in [-0.25, -0.2) is 4.98 Å². The molecule has 1 N–H and O–H groups in total. The summed E-state index contributed by atoms with van der Waals surface area (Å²) in [4.78, 5) is 7.55. The van der Waals surface area contributed by atoms with E-state index in [1.54, 1.807) is 11.3 Å². The average Bonchev–Trinajstić information content (AvgIpc) is 2.72. The largest absolute Gasteiger partial charge is 0.391 e. The minimum Gasteiger partial charge on any atom is -0.391 e. The van der Waals surface area contributed by atoms with Crippen LogP contribution in [0.2, 0.25) is 0 Å². The molecule has 1 aromatic heterocycles.